The monoisotopic (exact) mass is 492 g/mol. The van der Waals surface area contributed by atoms with Crippen LogP contribution in [0.4, 0.5) is 0 Å². The van der Waals surface area contributed by atoms with Crippen LogP contribution in [0.1, 0.15) is 6.92 Å². The molecule has 0 aliphatic heterocycles. The number of hydrogen-bond donors (Lipinski definition) is 5. The molecule has 0 atom stereocenters. The second kappa shape index (κ2) is 16.5. The van der Waals surface area contributed by atoms with Crippen LogP contribution in [0.5, 0.6) is 0 Å². The molecule has 0 aromatic heterocycles. The van der Waals surface area contributed by atoms with Crippen LogP contribution in [0.3, 0.4) is 0 Å². The lowest BCUT2D eigenvalue weighted by Gasteiger charge is -2.29. The number of ketones is 1. The van der Waals surface area contributed by atoms with Gasteiger partial charge in [-0.25, -0.2) is 0 Å². The van der Waals surface area contributed by atoms with Crippen molar-refractivity contribution in [1.29, 1.82) is 0 Å². The Balaban J connectivity index is 5.13. The number of carbonyl (C=O) groups is 6. The molecule has 0 aromatic rings. The predicted octanol–water partition coefficient (Wildman–Crippen LogP) is -2.79. The number of nitrogens with zero attached hydrogens (tertiary/aromatic N) is 4. The van der Waals surface area contributed by atoms with Crippen molar-refractivity contribution in [2.75, 3.05) is 78.5 Å². The summed E-state index contributed by atoms with van der Waals surface area (Å²) in [5, 5.41) is 44.9. The van der Waals surface area contributed by atoms with Gasteiger partial charge in [0.1, 0.15) is 5.78 Å². The van der Waals surface area contributed by atoms with Crippen LogP contribution >= 0.6 is 0 Å². The molecular weight excluding hydrogens is 460 g/mol. The lowest BCUT2D eigenvalue weighted by molar-refractivity contribution is -0.144. The Bertz CT molecular complexity index is 639. The molecule has 0 rings (SSSR count). The van der Waals surface area contributed by atoms with E-state index in [4.69, 9.17) is 25.5 Å². The van der Waals surface area contributed by atoms with Gasteiger partial charge in [0, 0.05) is 39.3 Å². The van der Waals surface area contributed by atoms with E-state index in [1.54, 1.807) is 4.90 Å². The molecule has 0 radical (unpaired) electrons. The molecule has 0 aliphatic rings. The molecule has 0 heterocycles. The predicted molar refractivity (Wildman–Crippen MR) is 115 cm³/mol. The fourth-order valence-corrected chi connectivity index (χ4v) is 3.09. The van der Waals surface area contributed by atoms with E-state index in [0.717, 1.165) is 4.90 Å². The van der Waals surface area contributed by atoms with Crippen LogP contribution in [-0.4, -0.2) is 159 Å². The van der Waals surface area contributed by atoms with Gasteiger partial charge in [-0.15, -0.1) is 0 Å². The van der Waals surface area contributed by atoms with Crippen molar-refractivity contribution in [3.63, 3.8) is 0 Å². The molecule has 0 amide bonds. The normalized spacial score (nSPS) is 11.3. The highest BCUT2D eigenvalue weighted by Crippen LogP contribution is 1.99. The molecule has 0 aromatic carbocycles. The first-order chi connectivity index (χ1) is 15.8. The fraction of sp³-hybridized carbons (Fsp3) is 0.684. The quantitative estimate of drug-likeness (QED) is 0.109. The zero-order chi connectivity index (χ0) is 26.3. The van der Waals surface area contributed by atoms with Crippen LogP contribution in [-0.2, 0) is 28.8 Å². The molecule has 0 fully saturated rings. The Hall–Kier alpha value is -3.14. The maximum absolute atomic E-state index is 11.6. The number of rotatable bonds is 21. The van der Waals surface area contributed by atoms with Crippen molar-refractivity contribution in [2.45, 2.75) is 6.92 Å². The Morgan fingerprint density at radius 1 is 0.412 bits per heavy atom. The van der Waals surface area contributed by atoms with Gasteiger partial charge in [-0.2, -0.15) is 0 Å². The van der Waals surface area contributed by atoms with Crippen LogP contribution in [0, 0.1) is 0 Å². The third kappa shape index (κ3) is 17.4. The van der Waals surface area contributed by atoms with Gasteiger partial charge in [-0.05, 0) is 6.92 Å². The molecule has 34 heavy (non-hydrogen) atoms. The third-order valence-electron chi connectivity index (χ3n) is 4.44. The standard InChI is InChI=1S/C19H32N4O11/c1-14(24)8-20(4-6-22(10-16(27)28)11-17(29)30)2-3-21(9-15(25)26)5-7-23(12-18(31)32)13-19(33)34/h2-13H2,1H3,(H,25,26)(H,27,28)(H,29,30)(H,31,32)(H,33,34). The number of Topliss-reactive ketones (excluding diaryl/α,β-unsaturated/α-hetero) is 1. The van der Waals surface area contributed by atoms with E-state index in [1.807, 2.05) is 0 Å². The van der Waals surface area contributed by atoms with Crippen LogP contribution < -0.4 is 0 Å². The van der Waals surface area contributed by atoms with E-state index in [0.29, 0.717) is 0 Å². The first-order valence-corrected chi connectivity index (χ1v) is 10.3. The van der Waals surface area contributed by atoms with Crippen LogP contribution in [0.15, 0.2) is 0 Å². The second-order valence-corrected chi connectivity index (χ2v) is 7.64. The van der Waals surface area contributed by atoms with Gasteiger partial charge in [-0.1, -0.05) is 0 Å². The van der Waals surface area contributed by atoms with Crippen molar-refractivity contribution in [2.24, 2.45) is 0 Å². The summed E-state index contributed by atoms with van der Waals surface area (Å²) in [5.74, 6) is -6.24. The maximum atomic E-state index is 11.6. The Morgan fingerprint density at radius 2 is 0.618 bits per heavy atom. The molecule has 15 heteroatoms. The molecule has 5 N–H and O–H groups in total. The molecule has 0 unspecified atom stereocenters. The molecule has 0 saturated carbocycles. The molecule has 0 spiro atoms. The number of carboxylic acid groups (broad SMARTS) is 5. The topological polar surface area (TPSA) is 217 Å². The zero-order valence-electron chi connectivity index (χ0n) is 19.0. The fourth-order valence-electron chi connectivity index (χ4n) is 3.09. The minimum atomic E-state index is -1.23. The summed E-state index contributed by atoms with van der Waals surface area (Å²) in [4.78, 5) is 72.0. The molecule has 0 saturated heterocycles. The maximum Gasteiger partial charge on any atom is 0.317 e. The SMILES string of the molecule is CC(=O)CN(CCN(CCN(CC(=O)O)CC(=O)O)CC(=O)O)CCN(CC(=O)O)CC(=O)O. The van der Waals surface area contributed by atoms with Gasteiger partial charge >= 0.3 is 29.8 Å². The Morgan fingerprint density at radius 3 is 0.853 bits per heavy atom. The van der Waals surface area contributed by atoms with Crippen molar-refractivity contribution in [3.8, 4) is 0 Å². The average molecular weight is 492 g/mol. The summed E-state index contributed by atoms with van der Waals surface area (Å²) in [7, 11) is 0. The van der Waals surface area contributed by atoms with E-state index >= 15 is 0 Å². The highest BCUT2D eigenvalue weighted by Gasteiger charge is 2.19. The minimum Gasteiger partial charge on any atom is -0.480 e. The minimum absolute atomic E-state index is 0.0242. The molecule has 0 aliphatic carbocycles. The van der Waals surface area contributed by atoms with Crippen molar-refractivity contribution < 1.29 is 54.3 Å². The molecule has 194 valence electrons. The van der Waals surface area contributed by atoms with E-state index < -0.39 is 62.6 Å². The summed E-state index contributed by atoms with van der Waals surface area (Å²) < 4.78 is 0. The van der Waals surface area contributed by atoms with Gasteiger partial charge in [0.05, 0.1) is 39.3 Å². The smallest absolute Gasteiger partial charge is 0.317 e. The lowest BCUT2D eigenvalue weighted by Crippen LogP contribution is -2.46. The summed E-state index contributed by atoms with van der Waals surface area (Å²) in [6.07, 6.45) is 0. The van der Waals surface area contributed by atoms with Crippen LogP contribution in [0.2, 0.25) is 0 Å². The van der Waals surface area contributed by atoms with Gasteiger partial charge in [0.2, 0.25) is 0 Å². The van der Waals surface area contributed by atoms with Crippen molar-refractivity contribution in [1.82, 2.24) is 19.6 Å². The van der Waals surface area contributed by atoms with E-state index in [2.05, 4.69) is 0 Å². The highest BCUT2D eigenvalue weighted by atomic mass is 16.4. The first-order valence-electron chi connectivity index (χ1n) is 10.3. The summed E-state index contributed by atoms with van der Waals surface area (Å²) in [6, 6.07) is 0. The van der Waals surface area contributed by atoms with E-state index in [9.17, 15) is 28.8 Å². The number of hydrogen-bond acceptors (Lipinski definition) is 10. The second-order valence-electron chi connectivity index (χ2n) is 7.64. The number of carboxylic acids is 5. The van der Waals surface area contributed by atoms with Crippen molar-refractivity contribution in [3.05, 3.63) is 0 Å². The first kappa shape index (κ1) is 30.9. The van der Waals surface area contributed by atoms with E-state index in [-0.39, 0.29) is 51.6 Å². The molecule has 0 bridgehead atoms. The summed E-state index contributed by atoms with van der Waals surface area (Å²) in [5.41, 5.74) is 0. The summed E-state index contributed by atoms with van der Waals surface area (Å²) >= 11 is 0. The average Bonchev–Trinajstić information content (AvgIpc) is 2.64. The number of carbonyl (C=O) groups excluding carboxylic acids is 1. The van der Waals surface area contributed by atoms with Crippen LogP contribution in [0.25, 0.3) is 0 Å². The highest BCUT2D eigenvalue weighted by molar-refractivity contribution is 5.77. The molecular formula is C19H32N4O11. The zero-order valence-corrected chi connectivity index (χ0v) is 19.0. The Kier molecular flexibility index (Phi) is 14.9. The van der Waals surface area contributed by atoms with Gasteiger partial charge in [0.15, 0.2) is 0 Å². The van der Waals surface area contributed by atoms with E-state index in [1.165, 1.54) is 16.7 Å². The lowest BCUT2D eigenvalue weighted by atomic mass is 10.3. The van der Waals surface area contributed by atoms with Gasteiger partial charge < -0.3 is 25.5 Å². The Labute approximate surface area is 195 Å². The van der Waals surface area contributed by atoms with Gasteiger partial charge in [0.25, 0.3) is 0 Å². The summed E-state index contributed by atoms with van der Waals surface area (Å²) in [6.45, 7) is -0.670. The van der Waals surface area contributed by atoms with Gasteiger partial charge in [-0.3, -0.25) is 48.4 Å². The number of aliphatic carboxylic acids is 5. The largest absolute Gasteiger partial charge is 0.480 e. The third-order valence-corrected chi connectivity index (χ3v) is 4.44. The van der Waals surface area contributed by atoms with Crippen molar-refractivity contribution >= 4 is 35.6 Å². The molecule has 15 nitrogen and oxygen atoms in total.